The molecule has 0 aromatic carbocycles. The number of ether oxygens (including phenoxy) is 1. The normalized spacial score (nSPS) is 12.4. The van der Waals surface area contributed by atoms with Gasteiger partial charge < -0.3 is 8.97 Å². The summed E-state index contributed by atoms with van der Waals surface area (Å²) in [5.41, 5.74) is 0. The van der Waals surface area contributed by atoms with Gasteiger partial charge in [-0.25, -0.2) is 4.79 Å². The van der Waals surface area contributed by atoms with E-state index in [9.17, 15) is 4.79 Å². The summed E-state index contributed by atoms with van der Waals surface area (Å²) in [7, 11) is 0.841. The minimum atomic E-state index is -1.11. The number of hydrogen-bond donors (Lipinski definition) is 0. The van der Waals surface area contributed by atoms with E-state index in [-0.39, 0.29) is 15.7 Å². The molecule has 0 amide bonds. The fourth-order valence-electron chi connectivity index (χ4n) is 0.869. The third-order valence-electron chi connectivity index (χ3n) is 2.19. The van der Waals surface area contributed by atoms with Gasteiger partial charge in [0.1, 0.15) is 8.24 Å². The monoisotopic (exact) mass is 231 g/mol. The second kappa shape index (κ2) is 6.16. The van der Waals surface area contributed by atoms with E-state index >= 15 is 0 Å². The van der Waals surface area contributed by atoms with Gasteiger partial charge in [0.2, 0.25) is 0 Å². The SMILES string of the molecule is C=CC(=O)OCC[SiH2]N(C)[Si](C)(C)C. The average Bonchev–Trinajstić information content (AvgIpc) is 2.09. The zero-order valence-corrected chi connectivity index (χ0v) is 12.1. The summed E-state index contributed by atoms with van der Waals surface area (Å²) >= 11 is 0. The first-order valence-corrected chi connectivity index (χ1v) is 9.96. The van der Waals surface area contributed by atoms with Crippen LogP contribution in [-0.2, 0) is 9.53 Å². The number of carbonyl (C=O) groups excluding carboxylic acids is 1. The van der Waals surface area contributed by atoms with Crippen molar-refractivity contribution in [1.29, 1.82) is 0 Å². The second-order valence-corrected chi connectivity index (χ2v) is 12.2. The molecule has 0 aromatic rings. The van der Waals surface area contributed by atoms with Crippen LogP contribution in [0.2, 0.25) is 25.7 Å². The molecule has 14 heavy (non-hydrogen) atoms. The molecule has 0 unspecified atom stereocenters. The van der Waals surface area contributed by atoms with Gasteiger partial charge in [0.15, 0.2) is 0 Å². The Morgan fingerprint density at radius 1 is 1.57 bits per heavy atom. The van der Waals surface area contributed by atoms with Crippen molar-refractivity contribution in [2.45, 2.75) is 25.7 Å². The first-order chi connectivity index (χ1) is 6.38. The predicted octanol–water partition coefficient (Wildman–Crippen LogP) is 0.984. The maximum atomic E-state index is 10.7. The Balaban J connectivity index is 3.55. The largest absolute Gasteiger partial charge is 0.463 e. The van der Waals surface area contributed by atoms with Gasteiger partial charge in [-0.3, -0.25) is 0 Å². The van der Waals surface area contributed by atoms with Gasteiger partial charge in [0.05, 0.1) is 16.3 Å². The first kappa shape index (κ1) is 13.6. The molecule has 0 heterocycles. The highest BCUT2D eigenvalue weighted by molar-refractivity contribution is 6.78. The lowest BCUT2D eigenvalue weighted by Crippen LogP contribution is -2.45. The molecule has 82 valence electrons. The Morgan fingerprint density at radius 3 is 2.57 bits per heavy atom. The molecule has 0 N–H and O–H groups in total. The van der Waals surface area contributed by atoms with Crippen LogP contribution >= 0.6 is 0 Å². The molecule has 3 nitrogen and oxygen atoms in total. The Morgan fingerprint density at radius 2 is 2.14 bits per heavy atom. The summed E-state index contributed by atoms with van der Waals surface area (Å²) in [6.45, 7) is 10.9. The number of carbonyl (C=O) groups is 1. The molecule has 0 aliphatic carbocycles. The van der Waals surface area contributed by atoms with Crippen molar-refractivity contribution in [2.75, 3.05) is 13.7 Å². The van der Waals surface area contributed by atoms with Crippen LogP contribution in [0.5, 0.6) is 0 Å². The third-order valence-corrected chi connectivity index (χ3v) is 9.28. The average molecular weight is 231 g/mol. The summed E-state index contributed by atoms with van der Waals surface area (Å²) in [5, 5.41) is 0. The van der Waals surface area contributed by atoms with Crippen molar-refractivity contribution in [1.82, 2.24) is 4.23 Å². The molecular formula is C9H21NO2Si2. The van der Waals surface area contributed by atoms with Crippen molar-refractivity contribution in [3.63, 3.8) is 0 Å². The lowest BCUT2D eigenvalue weighted by molar-refractivity contribution is -0.137. The second-order valence-electron chi connectivity index (χ2n) is 4.32. The van der Waals surface area contributed by atoms with Crippen molar-refractivity contribution < 1.29 is 9.53 Å². The van der Waals surface area contributed by atoms with E-state index in [2.05, 4.69) is 37.5 Å². The predicted molar refractivity (Wildman–Crippen MR) is 65.6 cm³/mol. The molecule has 0 spiro atoms. The Labute approximate surface area is 90.1 Å². The van der Waals surface area contributed by atoms with Crippen LogP contribution in [0.4, 0.5) is 0 Å². The van der Waals surface area contributed by atoms with Gasteiger partial charge in [0.25, 0.3) is 0 Å². The smallest absolute Gasteiger partial charge is 0.330 e. The molecule has 0 fully saturated rings. The summed E-state index contributed by atoms with van der Waals surface area (Å²) in [6, 6.07) is 1.03. The number of hydrogen-bond acceptors (Lipinski definition) is 3. The van der Waals surface area contributed by atoms with Crippen LogP contribution < -0.4 is 0 Å². The fraction of sp³-hybridized carbons (Fsp3) is 0.667. The molecule has 0 saturated carbocycles. The van der Waals surface area contributed by atoms with E-state index in [0.717, 1.165) is 6.04 Å². The van der Waals surface area contributed by atoms with Crippen molar-refractivity contribution in [3.05, 3.63) is 12.7 Å². The molecular weight excluding hydrogens is 210 g/mol. The van der Waals surface area contributed by atoms with Gasteiger partial charge in [-0.2, -0.15) is 0 Å². The fourth-order valence-corrected chi connectivity index (χ4v) is 4.77. The molecule has 5 heteroatoms. The van der Waals surface area contributed by atoms with Crippen molar-refractivity contribution in [2.24, 2.45) is 0 Å². The standard InChI is InChI=1S/C9H21NO2Si2/c1-6-9(11)12-7-8-13-10(2)14(3,4)5/h6H,1,7-8,13H2,2-5H3. The summed E-state index contributed by atoms with van der Waals surface area (Å²) in [4.78, 5) is 10.7. The van der Waals surface area contributed by atoms with Crippen LogP contribution in [0.15, 0.2) is 12.7 Å². The summed E-state index contributed by atoms with van der Waals surface area (Å²) in [5.74, 6) is -0.311. The van der Waals surface area contributed by atoms with Crippen LogP contribution in [0, 0.1) is 0 Å². The lowest BCUT2D eigenvalue weighted by Gasteiger charge is -2.29. The van der Waals surface area contributed by atoms with E-state index in [1.54, 1.807) is 0 Å². The molecule has 0 aliphatic rings. The zero-order chi connectivity index (χ0) is 11.2. The van der Waals surface area contributed by atoms with Crippen molar-refractivity contribution >= 4 is 23.9 Å². The first-order valence-electron chi connectivity index (χ1n) is 4.88. The molecule has 0 atom stereocenters. The van der Waals surface area contributed by atoms with E-state index in [1.165, 1.54) is 6.08 Å². The number of esters is 1. The van der Waals surface area contributed by atoms with Crippen LogP contribution in [0.1, 0.15) is 0 Å². The summed E-state index contributed by atoms with van der Waals surface area (Å²) < 4.78 is 7.43. The Bertz CT molecular complexity index is 201. The third kappa shape index (κ3) is 6.12. The maximum absolute atomic E-state index is 10.7. The lowest BCUT2D eigenvalue weighted by atomic mass is 10.6. The molecule has 0 saturated heterocycles. The molecule has 0 aliphatic heterocycles. The summed E-state index contributed by atoms with van der Waals surface area (Å²) in [6.07, 6.45) is 1.21. The van der Waals surface area contributed by atoms with Crippen molar-refractivity contribution in [3.8, 4) is 0 Å². The highest BCUT2D eigenvalue weighted by Crippen LogP contribution is 2.05. The van der Waals surface area contributed by atoms with Crippen LogP contribution in [-0.4, -0.2) is 41.8 Å². The number of rotatable bonds is 6. The molecule has 0 rings (SSSR count). The number of nitrogens with zero attached hydrogens (tertiary/aromatic N) is 1. The van der Waals surface area contributed by atoms with Gasteiger partial charge in [0, 0.05) is 6.08 Å². The van der Waals surface area contributed by atoms with Crippen LogP contribution in [0.25, 0.3) is 0 Å². The van der Waals surface area contributed by atoms with E-state index in [4.69, 9.17) is 4.74 Å². The highest BCUT2D eigenvalue weighted by atomic mass is 28.4. The van der Waals surface area contributed by atoms with E-state index < -0.39 is 8.24 Å². The van der Waals surface area contributed by atoms with E-state index in [1.807, 2.05) is 0 Å². The topological polar surface area (TPSA) is 29.5 Å². The highest BCUT2D eigenvalue weighted by Gasteiger charge is 2.18. The van der Waals surface area contributed by atoms with Gasteiger partial charge in [-0.05, 0) is 13.1 Å². The minimum absolute atomic E-state index is 0.236. The van der Waals surface area contributed by atoms with Crippen LogP contribution in [0.3, 0.4) is 0 Å². The molecule has 0 radical (unpaired) electrons. The quantitative estimate of drug-likeness (QED) is 0.295. The van der Waals surface area contributed by atoms with Gasteiger partial charge >= 0.3 is 5.97 Å². The van der Waals surface area contributed by atoms with E-state index in [0.29, 0.717) is 6.61 Å². The zero-order valence-electron chi connectivity index (χ0n) is 9.67. The maximum Gasteiger partial charge on any atom is 0.330 e. The van der Waals surface area contributed by atoms with Gasteiger partial charge in [-0.1, -0.05) is 26.2 Å². The Kier molecular flexibility index (Phi) is 5.98. The minimum Gasteiger partial charge on any atom is -0.463 e. The Hall–Kier alpha value is -0.396. The molecule has 0 bridgehead atoms. The van der Waals surface area contributed by atoms with Gasteiger partial charge in [-0.15, -0.1) is 0 Å². The molecule has 0 aromatic heterocycles.